The van der Waals surface area contributed by atoms with Crippen molar-refractivity contribution in [1.29, 1.82) is 0 Å². The standard InChI is InChI=1S/C13H18N6/c1-2-3-9-14-12-16-18-13(19-17-12)15-10-11-7-5-4-6-8-11/h4-8H,2-3,9-10H2,1H3,(H,14,16,17)(H,15,18,19). The zero-order chi connectivity index (χ0) is 13.3. The first-order valence-electron chi connectivity index (χ1n) is 6.47. The molecule has 100 valence electrons. The molecular weight excluding hydrogens is 240 g/mol. The zero-order valence-corrected chi connectivity index (χ0v) is 11.0. The molecule has 0 aliphatic heterocycles. The molecule has 0 spiro atoms. The van der Waals surface area contributed by atoms with Crippen LogP contribution in [0.3, 0.4) is 0 Å². The molecule has 0 unspecified atom stereocenters. The van der Waals surface area contributed by atoms with E-state index in [0.29, 0.717) is 18.4 Å². The monoisotopic (exact) mass is 258 g/mol. The lowest BCUT2D eigenvalue weighted by Crippen LogP contribution is -2.10. The van der Waals surface area contributed by atoms with E-state index in [1.165, 1.54) is 0 Å². The van der Waals surface area contributed by atoms with Gasteiger partial charge < -0.3 is 10.6 Å². The van der Waals surface area contributed by atoms with Gasteiger partial charge in [-0.25, -0.2) is 0 Å². The molecule has 2 rings (SSSR count). The molecule has 1 aromatic heterocycles. The number of rotatable bonds is 7. The van der Waals surface area contributed by atoms with Crippen LogP contribution in [0.1, 0.15) is 25.3 Å². The molecule has 0 atom stereocenters. The predicted octanol–water partition coefficient (Wildman–Crippen LogP) is 2.09. The van der Waals surface area contributed by atoms with E-state index in [1.54, 1.807) is 0 Å². The number of hydrogen-bond donors (Lipinski definition) is 2. The average molecular weight is 258 g/mol. The second-order valence-corrected chi connectivity index (χ2v) is 4.17. The van der Waals surface area contributed by atoms with Crippen molar-refractivity contribution < 1.29 is 0 Å². The highest BCUT2D eigenvalue weighted by Gasteiger charge is 2.00. The van der Waals surface area contributed by atoms with E-state index in [-0.39, 0.29) is 0 Å². The topological polar surface area (TPSA) is 75.6 Å². The van der Waals surface area contributed by atoms with Crippen LogP contribution in [0.4, 0.5) is 11.9 Å². The zero-order valence-electron chi connectivity index (χ0n) is 11.0. The number of unbranched alkanes of at least 4 members (excludes halogenated alkanes) is 1. The van der Waals surface area contributed by atoms with Crippen molar-refractivity contribution >= 4 is 11.9 Å². The van der Waals surface area contributed by atoms with E-state index in [4.69, 9.17) is 0 Å². The van der Waals surface area contributed by atoms with E-state index in [2.05, 4.69) is 38.0 Å². The first-order valence-corrected chi connectivity index (χ1v) is 6.47. The van der Waals surface area contributed by atoms with Gasteiger partial charge in [-0.05, 0) is 12.0 Å². The minimum absolute atomic E-state index is 0.435. The summed E-state index contributed by atoms with van der Waals surface area (Å²) in [6.07, 6.45) is 2.21. The molecule has 19 heavy (non-hydrogen) atoms. The summed E-state index contributed by atoms with van der Waals surface area (Å²) in [4.78, 5) is 0. The van der Waals surface area contributed by atoms with Crippen LogP contribution in [-0.4, -0.2) is 26.9 Å². The highest BCUT2D eigenvalue weighted by Crippen LogP contribution is 2.02. The van der Waals surface area contributed by atoms with Crippen molar-refractivity contribution in [2.75, 3.05) is 17.2 Å². The fraction of sp³-hybridized carbons (Fsp3) is 0.385. The third-order valence-electron chi connectivity index (χ3n) is 2.59. The Morgan fingerprint density at radius 1 is 0.895 bits per heavy atom. The Balaban J connectivity index is 1.81. The Bertz CT molecular complexity index is 470. The third-order valence-corrected chi connectivity index (χ3v) is 2.59. The molecule has 6 nitrogen and oxygen atoms in total. The second-order valence-electron chi connectivity index (χ2n) is 4.17. The molecule has 0 aliphatic carbocycles. The van der Waals surface area contributed by atoms with Crippen molar-refractivity contribution in [3.63, 3.8) is 0 Å². The van der Waals surface area contributed by atoms with E-state index >= 15 is 0 Å². The molecule has 0 aliphatic rings. The summed E-state index contributed by atoms with van der Waals surface area (Å²) in [5.74, 6) is 0.906. The summed E-state index contributed by atoms with van der Waals surface area (Å²) in [5.41, 5.74) is 1.16. The smallest absolute Gasteiger partial charge is 0.262 e. The van der Waals surface area contributed by atoms with Crippen LogP contribution in [0.15, 0.2) is 30.3 Å². The van der Waals surface area contributed by atoms with Crippen molar-refractivity contribution in [2.45, 2.75) is 26.3 Å². The van der Waals surface area contributed by atoms with Gasteiger partial charge in [0.15, 0.2) is 0 Å². The fourth-order valence-electron chi connectivity index (χ4n) is 1.52. The number of anilines is 2. The molecule has 6 heteroatoms. The number of nitrogens with one attached hydrogen (secondary N) is 2. The van der Waals surface area contributed by atoms with Crippen LogP contribution in [-0.2, 0) is 6.54 Å². The third kappa shape index (κ3) is 4.50. The Morgan fingerprint density at radius 2 is 1.53 bits per heavy atom. The van der Waals surface area contributed by atoms with Gasteiger partial charge in [0.1, 0.15) is 0 Å². The normalized spacial score (nSPS) is 10.2. The molecule has 2 aromatic rings. The summed E-state index contributed by atoms with van der Waals surface area (Å²) < 4.78 is 0. The van der Waals surface area contributed by atoms with Gasteiger partial charge in [-0.15, -0.1) is 20.4 Å². The Hall–Kier alpha value is -2.24. The molecule has 1 heterocycles. The summed E-state index contributed by atoms with van der Waals surface area (Å²) in [7, 11) is 0. The van der Waals surface area contributed by atoms with Crippen LogP contribution < -0.4 is 10.6 Å². The fourth-order valence-corrected chi connectivity index (χ4v) is 1.52. The van der Waals surface area contributed by atoms with Gasteiger partial charge in [0, 0.05) is 13.1 Å². The van der Waals surface area contributed by atoms with Crippen LogP contribution in [0.5, 0.6) is 0 Å². The molecule has 2 N–H and O–H groups in total. The highest BCUT2D eigenvalue weighted by atomic mass is 15.4. The summed E-state index contributed by atoms with van der Waals surface area (Å²) in [6, 6.07) is 10.0. The Kier molecular flexibility index (Phi) is 5.04. The number of benzene rings is 1. The lowest BCUT2D eigenvalue weighted by Gasteiger charge is -2.04. The average Bonchev–Trinajstić information content (AvgIpc) is 2.48. The number of hydrogen-bond acceptors (Lipinski definition) is 6. The molecule has 0 radical (unpaired) electrons. The van der Waals surface area contributed by atoms with Gasteiger partial charge in [0.25, 0.3) is 11.9 Å². The lowest BCUT2D eigenvalue weighted by atomic mass is 10.2. The van der Waals surface area contributed by atoms with Crippen molar-refractivity contribution in [3.05, 3.63) is 35.9 Å². The quantitative estimate of drug-likeness (QED) is 0.741. The minimum Gasteiger partial charge on any atom is -0.352 e. The molecule has 0 amide bonds. The molecule has 0 bridgehead atoms. The first-order chi connectivity index (χ1) is 9.38. The second kappa shape index (κ2) is 7.25. The van der Waals surface area contributed by atoms with Gasteiger partial charge >= 0.3 is 0 Å². The largest absolute Gasteiger partial charge is 0.352 e. The summed E-state index contributed by atoms with van der Waals surface area (Å²) in [5, 5.41) is 22.0. The van der Waals surface area contributed by atoms with Crippen molar-refractivity contribution in [2.24, 2.45) is 0 Å². The lowest BCUT2D eigenvalue weighted by molar-refractivity contribution is 0.798. The molecular formula is C13H18N6. The van der Waals surface area contributed by atoms with Crippen LogP contribution in [0, 0.1) is 0 Å². The Labute approximate surface area is 112 Å². The van der Waals surface area contributed by atoms with Crippen LogP contribution >= 0.6 is 0 Å². The van der Waals surface area contributed by atoms with Gasteiger partial charge in [-0.3, -0.25) is 0 Å². The SMILES string of the molecule is CCCCNc1nnc(NCc2ccccc2)nn1. The maximum Gasteiger partial charge on any atom is 0.262 e. The van der Waals surface area contributed by atoms with Crippen molar-refractivity contribution in [3.8, 4) is 0 Å². The van der Waals surface area contributed by atoms with Gasteiger partial charge in [-0.1, -0.05) is 43.7 Å². The molecule has 0 saturated heterocycles. The number of aromatic nitrogens is 4. The predicted molar refractivity (Wildman–Crippen MR) is 74.8 cm³/mol. The van der Waals surface area contributed by atoms with Crippen LogP contribution in [0.2, 0.25) is 0 Å². The van der Waals surface area contributed by atoms with E-state index in [1.807, 2.05) is 30.3 Å². The summed E-state index contributed by atoms with van der Waals surface area (Å²) >= 11 is 0. The van der Waals surface area contributed by atoms with E-state index in [0.717, 1.165) is 24.9 Å². The van der Waals surface area contributed by atoms with Crippen LogP contribution in [0.25, 0.3) is 0 Å². The molecule has 0 fully saturated rings. The van der Waals surface area contributed by atoms with E-state index in [9.17, 15) is 0 Å². The maximum absolute atomic E-state index is 3.98. The maximum atomic E-state index is 3.98. The van der Waals surface area contributed by atoms with E-state index < -0.39 is 0 Å². The molecule has 0 saturated carbocycles. The van der Waals surface area contributed by atoms with Gasteiger partial charge in [0.05, 0.1) is 0 Å². The Morgan fingerprint density at radius 3 is 2.16 bits per heavy atom. The van der Waals surface area contributed by atoms with Crippen molar-refractivity contribution in [1.82, 2.24) is 20.4 Å². The first kappa shape index (κ1) is 13.2. The highest BCUT2D eigenvalue weighted by molar-refractivity contribution is 5.27. The summed E-state index contributed by atoms with van der Waals surface area (Å²) in [6.45, 7) is 3.64. The van der Waals surface area contributed by atoms with Gasteiger partial charge in [0.2, 0.25) is 0 Å². The minimum atomic E-state index is 0.435. The molecule has 1 aromatic carbocycles. The van der Waals surface area contributed by atoms with Gasteiger partial charge in [-0.2, -0.15) is 0 Å². The number of nitrogens with zero attached hydrogens (tertiary/aromatic N) is 4.